The number of hydrogen-bond acceptors (Lipinski definition) is 2. The number of amides is 1. The summed E-state index contributed by atoms with van der Waals surface area (Å²) >= 11 is 0. The number of carbonyl (C=O) groups excluding carboxylic acids is 1. The largest absolute Gasteiger partial charge is 0.385 e. The zero-order valence-corrected chi connectivity index (χ0v) is 13.3. The minimum Gasteiger partial charge on any atom is -0.385 e. The minimum absolute atomic E-state index is 0.0202. The van der Waals surface area contributed by atoms with Gasteiger partial charge in [0.15, 0.2) is 0 Å². The Balaban J connectivity index is 1.87. The number of hydrogen-bond donors (Lipinski definition) is 2. The Kier molecular flexibility index (Phi) is 6.09. The average Bonchev–Trinajstić information content (AvgIpc) is 2.51. The fourth-order valence-corrected chi connectivity index (χ4v) is 3.12. The first kappa shape index (κ1) is 15.9. The second-order valence-corrected chi connectivity index (χ2v) is 6.36. The first-order chi connectivity index (χ1) is 10.2. The Morgan fingerprint density at radius 3 is 2.95 bits per heavy atom. The Hall–Kier alpha value is -1.51. The van der Waals surface area contributed by atoms with E-state index in [9.17, 15) is 4.79 Å². The molecule has 1 amide bonds. The highest BCUT2D eigenvalue weighted by molar-refractivity contribution is 5.95. The van der Waals surface area contributed by atoms with Crippen molar-refractivity contribution in [2.75, 3.05) is 18.4 Å². The molecule has 1 aromatic rings. The van der Waals surface area contributed by atoms with Gasteiger partial charge in [-0.3, -0.25) is 4.79 Å². The molecule has 1 aliphatic rings. The molecule has 2 atom stereocenters. The third kappa shape index (κ3) is 5.07. The van der Waals surface area contributed by atoms with Crippen LogP contribution in [0.4, 0.5) is 5.69 Å². The molecule has 3 heteroatoms. The van der Waals surface area contributed by atoms with Crippen LogP contribution in [-0.4, -0.2) is 19.0 Å². The van der Waals surface area contributed by atoms with E-state index in [1.165, 1.54) is 25.7 Å². The van der Waals surface area contributed by atoms with Gasteiger partial charge in [-0.1, -0.05) is 32.8 Å². The zero-order chi connectivity index (χ0) is 15.1. The van der Waals surface area contributed by atoms with Gasteiger partial charge in [0.1, 0.15) is 0 Å². The molecule has 1 saturated carbocycles. The van der Waals surface area contributed by atoms with Gasteiger partial charge in [-0.25, -0.2) is 0 Å². The van der Waals surface area contributed by atoms with E-state index in [2.05, 4.69) is 24.5 Å². The van der Waals surface area contributed by atoms with Crippen LogP contribution in [0, 0.1) is 11.8 Å². The van der Waals surface area contributed by atoms with Crippen molar-refractivity contribution in [1.29, 1.82) is 0 Å². The summed E-state index contributed by atoms with van der Waals surface area (Å²) in [5.74, 6) is 1.65. The van der Waals surface area contributed by atoms with Crippen molar-refractivity contribution in [3.05, 3.63) is 29.8 Å². The molecule has 0 spiro atoms. The van der Waals surface area contributed by atoms with Crippen LogP contribution in [0.3, 0.4) is 0 Å². The van der Waals surface area contributed by atoms with Crippen molar-refractivity contribution in [3.63, 3.8) is 0 Å². The highest BCUT2D eigenvalue weighted by atomic mass is 16.1. The van der Waals surface area contributed by atoms with E-state index >= 15 is 0 Å². The summed E-state index contributed by atoms with van der Waals surface area (Å²) < 4.78 is 0. The second kappa shape index (κ2) is 8.06. The standard InChI is InChI=1S/C18H28N2O/c1-3-10-19-18(21)16-8-5-9-17(12-16)20-13-15-7-4-6-14(2)11-15/h5,8-9,12,14-15,20H,3-4,6-7,10-11,13H2,1-2H3,(H,19,21). The van der Waals surface area contributed by atoms with Crippen molar-refractivity contribution in [2.24, 2.45) is 11.8 Å². The van der Waals surface area contributed by atoms with E-state index in [4.69, 9.17) is 0 Å². The van der Waals surface area contributed by atoms with Gasteiger partial charge >= 0.3 is 0 Å². The Morgan fingerprint density at radius 2 is 2.19 bits per heavy atom. The molecule has 3 nitrogen and oxygen atoms in total. The normalized spacial score (nSPS) is 21.8. The Morgan fingerprint density at radius 1 is 1.33 bits per heavy atom. The van der Waals surface area contributed by atoms with Crippen LogP contribution >= 0.6 is 0 Å². The lowest BCUT2D eigenvalue weighted by atomic mass is 9.82. The maximum atomic E-state index is 12.0. The van der Waals surface area contributed by atoms with Crippen LogP contribution in [0.1, 0.15) is 56.3 Å². The topological polar surface area (TPSA) is 41.1 Å². The average molecular weight is 288 g/mol. The van der Waals surface area contributed by atoms with Crippen molar-refractivity contribution < 1.29 is 4.79 Å². The molecule has 116 valence electrons. The van der Waals surface area contributed by atoms with Crippen molar-refractivity contribution >= 4 is 11.6 Å². The van der Waals surface area contributed by atoms with Crippen LogP contribution < -0.4 is 10.6 Å². The molecule has 0 heterocycles. The van der Waals surface area contributed by atoms with E-state index in [0.717, 1.165) is 42.6 Å². The van der Waals surface area contributed by atoms with Crippen LogP contribution in [-0.2, 0) is 0 Å². The molecule has 2 rings (SSSR count). The van der Waals surface area contributed by atoms with Gasteiger partial charge in [0.05, 0.1) is 0 Å². The van der Waals surface area contributed by atoms with Gasteiger partial charge in [-0.15, -0.1) is 0 Å². The number of benzene rings is 1. The van der Waals surface area contributed by atoms with Crippen molar-refractivity contribution in [3.8, 4) is 0 Å². The van der Waals surface area contributed by atoms with Crippen LogP contribution in [0.25, 0.3) is 0 Å². The smallest absolute Gasteiger partial charge is 0.251 e. The first-order valence-electron chi connectivity index (χ1n) is 8.31. The monoisotopic (exact) mass is 288 g/mol. The summed E-state index contributed by atoms with van der Waals surface area (Å²) in [6.07, 6.45) is 6.35. The highest BCUT2D eigenvalue weighted by Crippen LogP contribution is 2.28. The molecular formula is C18H28N2O. The third-order valence-electron chi connectivity index (χ3n) is 4.30. The lowest BCUT2D eigenvalue weighted by molar-refractivity contribution is 0.0953. The van der Waals surface area contributed by atoms with E-state index in [1.807, 2.05) is 24.3 Å². The maximum Gasteiger partial charge on any atom is 0.251 e. The lowest BCUT2D eigenvalue weighted by Gasteiger charge is -2.27. The zero-order valence-electron chi connectivity index (χ0n) is 13.3. The number of anilines is 1. The molecule has 0 aliphatic heterocycles. The molecule has 0 saturated heterocycles. The molecule has 0 bridgehead atoms. The molecule has 2 N–H and O–H groups in total. The van der Waals surface area contributed by atoms with Gasteiger partial charge in [-0.05, 0) is 49.3 Å². The number of carbonyl (C=O) groups is 1. The summed E-state index contributed by atoms with van der Waals surface area (Å²) in [5, 5.41) is 6.43. The van der Waals surface area contributed by atoms with E-state index in [0.29, 0.717) is 0 Å². The quantitative estimate of drug-likeness (QED) is 0.828. The molecule has 0 radical (unpaired) electrons. The molecule has 2 unspecified atom stereocenters. The summed E-state index contributed by atoms with van der Waals surface area (Å²) in [5.41, 5.74) is 1.79. The van der Waals surface area contributed by atoms with Gasteiger partial charge in [-0.2, -0.15) is 0 Å². The summed E-state index contributed by atoms with van der Waals surface area (Å²) in [6.45, 7) is 6.16. The molecule has 1 aliphatic carbocycles. The van der Waals surface area contributed by atoms with E-state index < -0.39 is 0 Å². The van der Waals surface area contributed by atoms with Crippen LogP contribution in [0.2, 0.25) is 0 Å². The molecule has 21 heavy (non-hydrogen) atoms. The van der Waals surface area contributed by atoms with E-state index in [-0.39, 0.29) is 5.91 Å². The fourth-order valence-electron chi connectivity index (χ4n) is 3.12. The van der Waals surface area contributed by atoms with Gasteiger partial charge in [0.2, 0.25) is 0 Å². The molecular weight excluding hydrogens is 260 g/mol. The van der Waals surface area contributed by atoms with Gasteiger partial charge < -0.3 is 10.6 Å². The Labute approximate surface area is 128 Å². The number of nitrogens with one attached hydrogen (secondary N) is 2. The molecule has 1 aromatic carbocycles. The maximum absolute atomic E-state index is 12.0. The lowest BCUT2D eigenvalue weighted by Crippen LogP contribution is -2.24. The SMILES string of the molecule is CCCNC(=O)c1cccc(NCC2CCCC(C)C2)c1. The first-order valence-corrected chi connectivity index (χ1v) is 8.31. The molecule has 0 aromatic heterocycles. The fraction of sp³-hybridized carbons (Fsp3) is 0.611. The highest BCUT2D eigenvalue weighted by Gasteiger charge is 2.18. The van der Waals surface area contributed by atoms with Crippen LogP contribution in [0.5, 0.6) is 0 Å². The second-order valence-electron chi connectivity index (χ2n) is 6.36. The van der Waals surface area contributed by atoms with E-state index in [1.54, 1.807) is 0 Å². The van der Waals surface area contributed by atoms with Crippen molar-refractivity contribution in [2.45, 2.75) is 46.0 Å². The predicted octanol–water partition coefficient (Wildman–Crippen LogP) is 4.06. The predicted molar refractivity (Wildman–Crippen MR) is 88.7 cm³/mol. The number of rotatable bonds is 6. The minimum atomic E-state index is 0.0202. The summed E-state index contributed by atoms with van der Waals surface area (Å²) in [4.78, 5) is 12.0. The van der Waals surface area contributed by atoms with Crippen molar-refractivity contribution in [1.82, 2.24) is 5.32 Å². The summed E-state index contributed by atoms with van der Waals surface area (Å²) in [6, 6.07) is 7.83. The third-order valence-corrected chi connectivity index (χ3v) is 4.30. The summed E-state index contributed by atoms with van der Waals surface area (Å²) in [7, 11) is 0. The Bertz CT molecular complexity index is 458. The molecule has 1 fully saturated rings. The van der Waals surface area contributed by atoms with Gasteiger partial charge in [0, 0.05) is 24.3 Å². The van der Waals surface area contributed by atoms with Gasteiger partial charge in [0.25, 0.3) is 5.91 Å². The van der Waals surface area contributed by atoms with Crippen LogP contribution in [0.15, 0.2) is 24.3 Å².